The molecule has 0 aromatic heterocycles. The van der Waals surface area contributed by atoms with E-state index in [4.69, 9.17) is 19.7 Å². The minimum atomic E-state index is 0.0942. The highest BCUT2D eigenvalue weighted by molar-refractivity contribution is 4.81. The summed E-state index contributed by atoms with van der Waals surface area (Å²) in [5, 5.41) is 21.1. The molecule has 0 aromatic carbocycles. The van der Waals surface area contributed by atoms with Crippen LogP contribution in [0.1, 0.15) is 110 Å². The van der Waals surface area contributed by atoms with Gasteiger partial charge in [0.05, 0.1) is 26.4 Å². The third kappa shape index (κ3) is 27.7. The summed E-state index contributed by atoms with van der Waals surface area (Å²) in [6, 6.07) is 0. The summed E-state index contributed by atoms with van der Waals surface area (Å²) >= 11 is 0. The van der Waals surface area contributed by atoms with E-state index in [-0.39, 0.29) is 13.2 Å². The van der Waals surface area contributed by atoms with E-state index in [1.165, 1.54) is 96.4 Å². The van der Waals surface area contributed by atoms with Crippen molar-refractivity contribution in [2.24, 2.45) is 5.92 Å². The van der Waals surface area contributed by atoms with Gasteiger partial charge in [-0.1, -0.05) is 76.9 Å². The van der Waals surface area contributed by atoms with Gasteiger partial charge >= 0.3 is 0 Å². The van der Waals surface area contributed by atoms with Crippen LogP contribution in [0.2, 0.25) is 0 Å². The number of aliphatic hydroxyl groups excluding tert-OH is 2. The molecule has 0 aliphatic rings. The quantitative estimate of drug-likeness (QED) is 0.0960. The van der Waals surface area contributed by atoms with E-state index in [1.54, 1.807) is 0 Å². The highest BCUT2D eigenvalue weighted by Crippen LogP contribution is 2.19. The average molecular weight is 472 g/mol. The second-order valence-corrected chi connectivity index (χ2v) is 9.20. The summed E-state index contributed by atoms with van der Waals surface area (Å²) in [7, 11) is 0. The van der Waals surface area contributed by atoms with Gasteiger partial charge in [-0.05, 0) is 64.0 Å². The van der Waals surface area contributed by atoms with Crippen molar-refractivity contribution in [1.82, 2.24) is 5.32 Å². The maximum absolute atomic E-state index is 8.83. The molecule has 0 aliphatic heterocycles. The van der Waals surface area contributed by atoms with Gasteiger partial charge in [-0.25, -0.2) is 0 Å². The third-order valence-electron chi connectivity index (χ3n) is 6.19. The number of rotatable bonds is 28. The fraction of sp³-hybridized carbons (Fsp3) is 0.929. The summed E-state index contributed by atoms with van der Waals surface area (Å²) in [6.45, 7) is 6.93. The van der Waals surface area contributed by atoms with Gasteiger partial charge in [0.1, 0.15) is 0 Å². The Morgan fingerprint density at radius 1 is 0.606 bits per heavy atom. The fourth-order valence-corrected chi connectivity index (χ4v) is 4.12. The molecule has 0 atom stereocenters. The van der Waals surface area contributed by atoms with Crippen LogP contribution in [0.25, 0.3) is 0 Å². The number of aliphatic hydroxyl groups is 2. The molecule has 0 bridgehead atoms. The van der Waals surface area contributed by atoms with Crippen LogP contribution in [0.3, 0.4) is 0 Å². The Kier molecular flexibility index (Phi) is 29.2. The number of ether oxygens (including phenoxy) is 2. The molecule has 0 amide bonds. The monoisotopic (exact) mass is 471 g/mol. The number of allylic oxidation sites excluding steroid dienone is 2. The van der Waals surface area contributed by atoms with Crippen LogP contribution >= 0.6 is 0 Å². The second kappa shape index (κ2) is 29.6. The minimum absolute atomic E-state index is 0.0942. The second-order valence-electron chi connectivity index (χ2n) is 9.20. The van der Waals surface area contributed by atoms with E-state index in [9.17, 15) is 0 Å². The molecule has 0 heterocycles. The smallest absolute Gasteiger partial charge is 0.0697 e. The molecule has 0 rings (SSSR count). The third-order valence-corrected chi connectivity index (χ3v) is 6.19. The predicted molar refractivity (Wildman–Crippen MR) is 141 cm³/mol. The molecule has 198 valence electrons. The Labute approximate surface area is 205 Å². The first-order chi connectivity index (χ1) is 16.3. The van der Waals surface area contributed by atoms with Crippen LogP contribution in [0.15, 0.2) is 12.2 Å². The molecular weight excluding hydrogens is 414 g/mol. The molecule has 5 heteroatoms. The van der Waals surface area contributed by atoms with Crippen LogP contribution in [0, 0.1) is 5.92 Å². The largest absolute Gasteiger partial charge is 0.394 e. The molecule has 0 aromatic rings. The zero-order valence-electron chi connectivity index (χ0n) is 21.9. The number of hydrogen-bond acceptors (Lipinski definition) is 5. The summed E-state index contributed by atoms with van der Waals surface area (Å²) in [5.41, 5.74) is 0. The Hall–Kier alpha value is -0.460. The lowest BCUT2D eigenvalue weighted by Gasteiger charge is -2.17. The molecule has 5 nitrogen and oxygen atoms in total. The van der Waals surface area contributed by atoms with Gasteiger partial charge < -0.3 is 25.0 Å². The first-order valence-electron chi connectivity index (χ1n) is 14.1. The van der Waals surface area contributed by atoms with Crippen molar-refractivity contribution in [2.45, 2.75) is 110 Å². The van der Waals surface area contributed by atoms with E-state index in [0.29, 0.717) is 32.3 Å². The topological polar surface area (TPSA) is 71.0 Å². The Balaban J connectivity index is 3.50. The van der Waals surface area contributed by atoms with Gasteiger partial charge in [0.25, 0.3) is 0 Å². The van der Waals surface area contributed by atoms with E-state index in [2.05, 4.69) is 24.4 Å². The lowest BCUT2D eigenvalue weighted by molar-refractivity contribution is 0.0640. The molecule has 0 saturated carbocycles. The minimum Gasteiger partial charge on any atom is -0.394 e. The van der Waals surface area contributed by atoms with Crippen molar-refractivity contribution in [3.8, 4) is 0 Å². The number of unbranched alkanes of at least 4 members (excludes halogenated alkanes) is 11. The number of nitrogens with one attached hydrogen (secondary N) is 1. The maximum Gasteiger partial charge on any atom is 0.0697 e. The van der Waals surface area contributed by atoms with Crippen molar-refractivity contribution in [3.63, 3.8) is 0 Å². The van der Waals surface area contributed by atoms with Gasteiger partial charge in [0.2, 0.25) is 0 Å². The van der Waals surface area contributed by atoms with Gasteiger partial charge in [-0.3, -0.25) is 0 Å². The van der Waals surface area contributed by atoms with E-state index >= 15 is 0 Å². The molecule has 0 radical (unpaired) electrons. The molecule has 0 saturated heterocycles. The summed E-state index contributed by atoms with van der Waals surface area (Å²) in [6.07, 6.45) is 25.3. The van der Waals surface area contributed by atoms with Crippen LogP contribution in [0.4, 0.5) is 0 Å². The van der Waals surface area contributed by atoms with Crippen molar-refractivity contribution in [3.05, 3.63) is 12.2 Å². The van der Waals surface area contributed by atoms with Crippen LogP contribution in [-0.2, 0) is 9.47 Å². The van der Waals surface area contributed by atoms with Gasteiger partial charge in [0, 0.05) is 13.2 Å². The Bertz CT molecular complexity index is 367. The SMILES string of the molecule is CCNCCCCCCCCC=CCCCCCCCC(CCOCCO)CCOCCO. The van der Waals surface area contributed by atoms with Crippen LogP contribution in [0.5, 0.6) is 0 Å². The predicted octanol–water partition coefficient (Wildman–Crippen LogP) is 6.03. The standard InChI is InChI=1S/C28H57NO4/c1-2-29-21-17-15-13-11-9-7-5-3-4-6-8-10-12-14-16-18-28(19-24-32-26-22-30)20-25-33-27-23-31/h3-4,28-31H,2,5-27H2,1H3. The zero-order valence-corrected chi connectivity index (χ0v) is 21.9. The Morgan fingerprint density at radius 2 is 1.09 bits per heavy atom. The van der Waals surface area contributed by atoms with Crippen molar-refractivity contribution in [1.29, 1.82) is 0 Å². The molecule has 0 spiro atoms. The van der Waals surface area contributed by atoms with E-state index < -0.39 is 0 Å². The lowest BCUT2D eigenvalue weighted by atomic mass is 9.94. The zero-order chi connectivity index (χ0) is 24.1. The van der Waals surface area contributed by atoms with E-state index in [0.717, 1.165) is 19.4 Å². The van der Waals surface area contributed by atoms with Crippen molar-refractivity contribution in [2.75, 3.05) is 52.7 Å². The molecule has 0 fully saturated rings. The average Bonchev–Trinajstić information content (AvgIpc) is 2.83. The summed E-state index contributed by atoms with van der Waals surface area (Å²) in [4.78, 5) is 0. The van der Waals surface area contributed by atoms with E-state index in [1.807, 2.05) is 0 Å². The summed E-state index contributed by atoms with van der Waals surface area (Å²) < 4.78 is 10.9. The molecule has 3 N–H and O–H groups in total. The van der Waals surface area contributed by atoms with Gasteiger partial charge in [-0.15, -0.1) is 0 Å². The van der Waals surface area contributed by atoms with Gasteiger partial charge in [-0.2, -0.15) is 0 Å². The van der Waals surface area contributed by atoms with Crippen molar-refractivity contribution < 1.29 is 19.7 Å². The summed E-state index contributed by atoms with van der Waals surface area (Å²) in [5.74, 6) is 0.614. The maximum atomic E-state index is 8.83. The Morgan fingerprint density at radius 3 is 1.61 bits per heavy atom. The molecule has 33 heavy (non-hydrogen) atoms. The molecule has 0 unspecified atom stereocenters. The highest BCUT2D eigenvalue weighted by Gasteiger charge is 2.09. The lowest BCUT2D eigenvalue weighted by Crippen LogP contribution is -2.13. The first kappa shape index (κ1) is 32.5. The normalized spacial score (nSPS) is 11.9. The molecule has 0 aliphatic carbocycles. The highest BCUT2D eigenvalue weighted by atomic mass is 16.5. The van der Waals surface area contributed by atoms with Crippen LogP contribution < -0.4 is 5.32 Å². The van der Waals surface area contributed by atoms with Gasteiger partial charge in [0.15, 0.2) is 0 Å². The van der Waals surface area contributed by atoms with Crippen molar-refractivity contribution >= 4 is 0 Å². The fourth-order valence-electron chi connectivity index (χ4n) is 4.12. The number of hydrogen-bond donors (Lipinski definition) is 3. The van der Waals surface area contributed by atoms with Crippen LogP contribution in [-0.4, -0.2) is 62.9 Å². The first-order valence-corrected chi connectivity index (χ1v) is 14.1. The molecular formula is C28H57NO4.